The van der Waals surface area contributed by atoms with Crippen molar-refractivity contribution in [2.75, 3.05) is 23.9 Å². The lowest BCUT2D eigenvalue weighted by Gasteiger charge is -2.18. The van der Waals surface area contributed by atoms with Crippen LogP contribution < -0.4 is 10.2 Å². The predicted molar refractivity (Wildman–Crippen MR) is 104 cm³/mol. The van der Waals surface area contributed by atoms with Gasteiger partial charge in [0.25, 0.3) is 0 Å². The van der Waals surface area contributed by atoms with E-state index in [1.54, 1.807) is 37.4 Å². The highest BCUT2D eigenvalue weighted by molar-refractivity contribution is 5.89. The summed E-state index contributed by atoms with van der Waals surface area (Å²) in [5.74, 6) is 0.752. The first-order chi connectivity index (χ1) is 13.2. The van der Waals surface area contributed by atoms with Crippen LogP contribution in [-0.4, -0.2) is 34.8 Å². The molecule has 0 unspecified atom stereocenters. The van der Waals surface area contributed by atoms with Gasteiger partial charge in [-0.15, -0.1) is 5.10 Å². The summed E-state index contributed by atoms with van der Waals surface area (Å²) >= 11 is 0. The molecule has 138 valence electrons. The third-order valence-corrected chi connectivity index (χ3v) is 3.85. The van der Waals surface area contributed by atoms with E-state index in [0.29, 0.717) is 30.5 Å². The van der Waals surface area contributed by atoms with Crippen molar-refractivity contribution in [3.63, 3.8) is 0 Å². The molecule has 1 aromatic heterocycles. The van der Waals surface area contributed by atoms with Gasteiger partial charge in [-0.25, -0.2) is 4.79 Å². The number of nitrogens with zero attached hydrogens (tertiary/aromatic N) is 4. The molecule has 0 saturated heterocycles. The molecule has 3 aromatic rings. The van der Waals surface area contributed by atoms with Crippen molar-refractivity contribution in [3.8, 4) is 0 Å². The van der Waals surface area contributed by atoms with Crippen molar-refractivity contribution in [1.82, 2.24) is 15.2 Å². The molecule has 0 aliphatic carbocycles. The van der Waals surface area contributed by atoms with Gasteiger partial charge in [0, 0.05) is 19.3 Å². The van der Waals surface area contributed by atoms with Gasteiger partial charge in [-0.3, -0.25) is 0 Å². The number of carbonyl (C=O) groups excluding carboxylic acids is 1. The van der Waals surface area contributed by atoms with Crippen molar-refractivity contribution in [1.29, 1.82) is 0 Å². The zero-order chi connectivity index (χ0) is 19.1. The highest BCUT2D eigenvalue weighted by Crippen LogP contribution is 2.17. The van der Waals surface area contributed by atoms with E-state index in [0.717, 1.165) is 5.69 Å². The first-order valence-corrected chi connectivity index (χ1v) is 8.64. The standard InChI is InChI=1S/C20H21N5O2/c1-3-27-19(26)16-9-11-17(12-10-16)22-20-23-18(13-21-24-20)25(2)14-15-7-5-4-6-8-15/h4-13H,3,14H2,1-2H3,(H,22,23,24). The average Bonchev–Trinajstić information content (AvgIpc) is 2.70. The number of hydrogen-bond donors (Lipinski definition) is 1. The zero-order valence-electron chi connectivity index (χ0n) is 15.3. The van der Waals surface area contributed by atoms with Gasteiger partial charge < -0.3 is 15.0 Å². The van der Waals surface area contributed by atoms with Crippen molar-refractivity contribution in [2.24, 2.45) is 0 Å². The second kappa shape index (κ2) is 8.75. The number of ether oxygens (including phenoxy) is 1. The Labute approximate surface area is 158 Å². The van der Waals surface area contributed by atoms with Gasteiger partial charge >= 0.3 is 5.97 Å². The van der Waals surface area contributed by atoms with Gasteiger partial charge in [0.1, 0.15) is 0 Å². The highest BCUT2D eigenvalue weighted by Gasteiger charge is 2.08. The fourth-order valence-electron chi connectivity index (χ4n) is 2.50. The average molecular weight is 363 g/mol. The summed E-state index contributed by atoms with van der Waals surface area (Å²) in [4.78, 5) is 18.2. The smallest absolute Gasteiger partial charge is 0.338 e. The van der Waals surface area contributed by atoms with Crippen molar-refractivity contribution in [2.45, 2.75) is 13.5 Å². The van der Waals surface area contributed by atoms with E-state index in [9.17, 15) is 4.79 Å². The fourth-order valence-corrected chi connectivity index (χ4v) is 2.50. The Kier molecular flexibility index (Phi) is 5.94. The molecule has 0 bridgehead atoms. The van der Waals surface area contributed by atoms with E-state index in [4.69, 9.17) is 4.74 Å². The minimum absolute atomic E-state index is 0.341. The molecule has 0 aliphatic heterocycles. The van der Waals surface area contributed by atoms with Crippen LogP contribution in [-0.2, 0) is 11.3 Å². The number of hydrogen-bond acceptors (Lipinski definition) is 7. The van der Waals surface area contributed by atoms with Crippen LogP contribution in [0.3, 0.4) is 0 Å². The molecule has 27 heavy (non-hydrogen) atoms. The molecule has 7 nitrogen and oxygen atoms in total. The number of nitrogens with one attached hydrogen (secondary N) is 1. The number of esters is 1. The first-order valence-electron chi connectivity index (χ1n) is 8.64. The Morgan fingerprint density at radius 3 is 2.56 bits per heavy atom. The summed E-state index contributed by atoms with van der Waals surface area (Å²) in [6.45, 7) is 2.84. The predicted octanol–water partition coefficient (Wildman–Crippen LogP) is 3.43. The Morgan fingerprint density at radius 2 is 1.85 bits per heavy atom. The van der Waals surface area contributed by atoms with E-state index < -0.39 is 0 Å². The highest BCUT2D eigenvalue weighted by atomic mass is 16.5. The lowest BCUT2D eigenvalue weighted by atomic mass is 10.2. The van der Waals surface area contributed by atoms with Gasteiger partial charge in [0.2, 0.25) is 5.95 Å². The summed E-state index contributed by atoms with van der Waals surface area (Å²) in [7, 11) is 1.95. The SMILES string of the molecule is CCOC(=O)c1ccc(Nc2nncc(N(C)Cc3ccccc3)n2)cc1. The van der Waals surface area contributed by atoms with Crippen LogP contribution >= 0.6 is 0 Å². The van der Waals surface area contributed by atoms with E-state index in [1.165, 1.54) is 5.56 Å². The lowest BCUT2D eigenvalue weighted by molar-refractivity contribution is 0.0526. The van der Waals surface area contributed by atoms with Crippen LogP contribution in [0.5, 0.6) is 0 Å². The second-order valence-electron chi connectivity index (χ2n) is 5.90. The monoisotopic (exact) mass is 363 g/mol. The fraction of sp³-hybridized carbons (Fsp3) is 0.200. The Morgan fingerprint density at radius 1 is 1.11 bits per heavy atom. The third-order valence-electron chi connectivity index (χ3n) is 3.85. The summed E-state index contributed by atoms with van der Waals surface area (Å²) < 4.78 is 4.98. The summed E-state index contributed by atoms with van der Waals surface area (Å²) in [5.41, 5.74) is 2.44. The van der Waals surface area contributed by atoms with Gasteiger partial charge in [-0.1, -0.05) is 30.3 Å². The van der Waals surface area contributed by atoms with E-state index >= 15 is 0 Å². The maximum absolute atomic E-state index is 11.7. The maximum Gasteiger partial charge on any atom is 0.338 e. The molecule has 7 heteroatoms. The third kappa shape index (κ3) is 5.01. The molecule has 2 aromatic carbocycles. The first kappa shape index (κ1) is 18.3. The lowest BCUT2D eigenvalue weighted by Crippen LogP contribution is -2.18. The zero-order valence-corrected chi connectivity index (χ0v) is 15.3. The molecule has 0 atom stereocenters. The second-order valence-corrected chi connectivity index (χ2v) is 5.90. The number of carbonyl (C=O) groups is 1. The van der Waals surface area contributed by atoms with Crippen molar-refractivity contribution < 1.29 is 9.53 Å². The van der Waals surface area contributed by atoms with E-state index in [2.05, 4.69) is 32.6 Å². The van der Waals surface area contributed by atoms with Crippen molar-refractivity contribution in [3.05, 3.63) is 71.9 Å². The minimum atomic E-state index is -0.341. The normalized spacial score (nSPS) is 10.3. The minimum Gasteiger partial charge on any atom is -0.462 e. The van der Waals surface area contributed by atoms with Crippen LogP contribution in [0.4, 0.5) is 17.5 Å². The molecule has 1 N–H and O–H groups in total. The molecular formula is C20H21N5O2. The largest absolute Gasteiger partial charge is 0.462 e. The molecule has 0 saturated carbocycles. The number of anilines is 3. The number of aromatic nitrogens is 3. The molecule has 0 radical (unpaired) electrons. The number of benzene rings is 2. The molecule has 0 aliphatic rings. The Balaban J connectivity index is 1.67. The Hall–Kier alpha value is -3.48. The van der Waals surface area contributed by atoms with Gasteiger partial charge in [-0.2, -0.15) is 10.1 Å². The summed E-state index contributed by atoms with van der Waals surface area (Å²) in [6.07, 6.45) is 1.62. The van der Waals surface area contributed by atoms with Gasteiger partial charge in [0.15, 0.2) is 5.82 Å². The molecule has 0 fully saturated rings. The van der Waals surface area contributed by atoms with Gasteiger partial charge in [0.05, 0.1) is 18.4 Å². The van der Waals surface area contributed by atoms with E-state index in [1.807, 2.05) is 30.1 Å². The number of rotatable bonds is 7. The molecule has 3 rings (SSSR count). The van der Waals surface area contributed by atoms with Crippen molar-refractivity contribution >= 4 is 23.4 Å². The van der Waals surface area contributed by atoms with Crippen LogP contribution in [0.15, 0.2) is 60.8 Å². The van der Waals surface area contributed by atoms with E-state index in [-0.39, 0.29) is 5.97 Å². The molecule has 0 spiro atoms. The van der Waals surface area contributed by atoms with Crippen LogP contribution in [0.1, 0.15) is 22.8 Å². The van der Waals surface area contributed by atoms with Crippen LogP contribution in [0, 0.1) is 0 Å². The summed E-state index contributed by atoms with van der Waals surface area (Å²) in [6, 6.07) is 17.1. The summed E-state index contributed by atoms with van der Waals surface area (Å²) in [5, 5.41) is 11.1. The molecular weight excluding hydrogens is 342 g/mol. The molecule has 1 heterocycles. The van der Waals surface area contributed by atoms with Gasteiger partial charge in [-0.05, 0) is 36.8 Å². The van der Waals surface area contributed by atoms with Crippen LogP contribution in [0.2, 0.25) is 0 Å². The Bertz CT molecular complexity index is 884. The molecule has 0 amide bonds. The van der Waals surface area contributed by atoms with Crippen LogP contribution in [0.25, 0.3) is 0 Å². The quantitative estimate of drug-likeness (QED) is 0.644. The maximum atomic E-state index is 11.7. The topological polar surface area (TPSA) is 80.2 Å².